The molecular formula is C27H52O4. The van der Waals surface area contributed by atoms with Crippen LogP contribution in [0.25, 0.3) is 0 Å². The van der Waals surface area contributed by atoms with Crippen LogP contribution in [0.4, 0.5) is 0 Å². The standard InChI is InChI=1S/C27H52O4/c1-9-26(5,6)20-22(3)14-16-24(28)30-18-12-11-13-19-31-25(29)17-15-23(4)21-27(7,8)10-2/h22-23H,9-21H2,1-8H3. The molecule has 0 spiro atoms. The molecule has 0 aromatic rings. The second-order valence-corrected chi connectivity index (χ2v) is 11.2. The molecular weight excluding hydrogens is 388 g/mol. The molecule has 0 fully saturated rings. The van der Waals surface area contributed by atoms with Gasteiger partial charge in [-0.2, -0.15) is 0 Å². The van der Waals surface area contributed by atoms with E-state index < -0.39 is 0 Å². The molecule has 0 rings (SSSR count). The highest BCUT2D eigenvalue weighted by Crippen LogP contribution is 2.31. The Morgan fingerprint density at radius 2 is 1.03 bits per heavy atom. The summed E-state index contributed by atoms with van der Waals surface area (Å²) in [6.07, 6.45) is 9.97. The van der Waals surface area contributed by atoms with Gasteiger partial charge in [-0.15, -0.1) is 0 Å². The molecule has 0 saturated carbocycles. The molecule has 0 aromatic heterocycles. The van der Waals surface area contributed by atoms with E-state index in [-0.39, 0.29) is 11.9 Å². The molecule has 2 unspecified atom stereocenters. The van der Waals surface area contributed by atoms with Gasteiger partial charge in [0.25, 0.3) is 0 Å². The Labute approximate surface area is 193 Å². The van der Waals surface area contributed by atoms with Gasteiger partial charge in [-0.3, -0.25) is 9.59 Å². The lowest BCUT2D eigenvalue weighted by molar-refractivity contribution is -0.144. The van der Waals surface area contributed by atoms with Gasteiger partial charge in [-0.1, -0.05) is 68.2 Å². The fourth-order valence-corrected chi connectivity index (χ4v) is 4.01. The summed E-state index contributed by atoms with van der Waals surface area (Å²) in [5, 5.41) is 0. The Balaban J connectivity index is 3.68. The van der Waals surface area contributed by atoms with Gasteiger partial charge in [0.05, 0.1) is 13.2 Å². The van der Waals surface area contributed by atoms with Gasteiger partial charge in [-0.25, -0.2) is 0 Å². The van der Waals surface area contributed by atoms with Crippen LogP contribution in [0.1, 0.15) is 126 Å². The van der Waals surface area contributed by atoms with Crippen molar-refractivity contribution in [3.63, 3.8) is 0 Å². The summed E-state index contributed by atoms with van der Waals surface area (Å²) in [5.74, 6) is 0.900. The first kappa shape index (κ1) is 29.9. The maximum atomic E-state index is 11.9. The van der Waals surface area contributed by atoms with Gasteiger partial charge in [0.15, 0.2) is 0 Å². The van der Waals surface area contributed by atoms with Crippen molar-refractivity contribution >= 4 is 11.9 Å². The molecule has 0 saturated heterocycles. The molecule has 4 heteroatoms. The number of carbonyl (C=O) groups excluding carboxylic acids is 2. The van der Waals surface area contributed by atoms with Crippen LogP contribution in [0.3, 0.4) is 0 Å². The van der Waals surface area contributed by atoms with Crippen molar-refractivity contribution in [2.75, 3.05) is 13.2 Å². The summed E-state index contributed by atoms with van der Waals surface area (Å²) in [7, 11) is 0. The third-order valence-electron chi connectivity index (χ3n) is 6.71. The number of unbranched alkanes of at least 4 members (excludes halogenated alkanes) is 2. The maximum Gasteiger partial charge on any atom is 0.305 e. The summed E-state index contributed by atoms with van der Waals surface area (Å²) in [6, 6.07) is 0. The molecule has 0 amide bonds. The van der Waals surface area contributed by atoms with E-state index in [4.69, 9.17) is 9.47 Å². The summed E-state index contributed by atoms with van der Waals surface area (Å²) in [6.45, 7) is 19.0. The van der Waals surface area contributed by atoms with Crippen molar-refractivity contribution in [3.8, 4) is 0 Å². The Bertz CT molecular complexity index is 451. The predicted octanol–water partition coefficient (Wildman–Crippen LogP) is 7.73. The van der Waals surface area contributed by atoms with Crippen molar-refractivity contribution < 1.29 is 19.1 Å². The van der Waals surface area contributed by atoms with E-state index in [0.29, 0.717) is 48.7 Å². The average Bonchev–Trinajstić information content (AvgIpc) is 2.69. The zero-order chi connectivity index (χ0) is 23.9. The van der Waals surface area contributed by atoms with Crippen LogP contribution < -0.4 is 0 Å². The molecule has 0 aromatic carbocycles. The van der Waals surface area contributed by atoms with Gasteiger partial charge in [0.2, 0.25) is 0 Å². The second kappa shape index (κ2) is 15.7. The lowest BCUT2D eigenvalue weighted by Crippen LogP contribution is -2.16. The quantitative estimate of drug-likeness (QED) is 0.162. The van der Waals surface area contributed by atoms with Gasteiger partial charge in [0, 0.05) is 12.8 Å². The number of ether oxygens (including phenoxy) is 2. The average molecular weight is 441 g/mol. The van der Waals surface area contributed by atoms with Gasteiger partial charge in [0.1, 0.15) is 0 Å². The minimum atomic E-state index is -0.0899. The summed E-state index contributed by atoms with van der Waals surface area (Å²) < 4.78 is 10.7. The molecule has 31 heavy (non-hydrogen) atoms. The highest BCUT2D eigenvalue weighted by molar-refractivity contribution is 5.69. The van der Waals surface area contributed by atoms with Crippen LogP contribution in [0.15, 0.2) is 0 Å². The van der Waals surface area contributed by atoms with E-state index in [1.807, 2.05) is 0 Å². The Morgan fingerprint density at radius 1 is 0.677 bits per heavy atom. The van der Waals surface area contributed by atoms with Crippen LogP contribution >= 0.6 is 0 Å². The minimum absolute atomic E-state index is 0.0899. The number of carbonyl (C=O) groups is 2. The van der Waals surface area contributed by atoms with Crippen LogP contribution in [-0.4, -0.2) is 25.2 Å². The maximum absolute atomic E-state index is 11.9. The lowest BCUT2D eigenvalue weighted by atomic mass is 9.80. The normalized spacial score (nSPS) is 14.2. The first-order chi connectivity index (χ1) is 14.4. The SMILES string of the molecule is CCC(C)(C)CC(C)CCC(=O)OCCCCCOC(=O)CCC(C)CC(C)(C)CC. The van der Waals surface area contributed by atoms with E-state index >= 15 is 0 Å². The molecule has 0 radical (unpaired) electrons. The zero-order valence-corrected chi connectivity index (χ0v) is 22.0. The largest absolute Gasteiger partial charge is 0.466 e. The van der Waals surface area contributed by atoms with Gasteiger partial charge in [-0.05, 0) is 67.6 Å². The smallest absolute Gasteiger partial charge is 0.305 e. The van der Waals surface area contributed by atoms with Crippen molar-refractivity contribution in [2.24, 2.45) is 22.7 Å². The molecule has 0 aliphatic heterocycles. The molecule has 0 heterocycles. The minimum Gasteiger partial charge on any atom is -0.466 e. The Morgan fingerprint density at radius 3 is 1.35 bits per heavy atom. The van der Waals surface area contributed by atoms with Crippen molar-refractivity contribution in [3.05, 3.63) is 0 Å². The fourth-order valence-electron chi connectivity index (χ4n) is 4.01. The molecule has 0 N–H and O–H groups in total. The highest BCUT2D eigenvalue weighted by atomic mass is 16.5. The van der Waals surface area contributed by atoms with Gasteiger partial charge >= 0.3 is 11.9 Å². The van der Waals surface area contributed by atoms with Crippen molar-refractivity contribution in [2.45, 2.75) is 126 Å². The monoisotopic (exact) mass is 440 g/mol. The van der Waals surface area contributed by atoms with E-state index in [1.165, 1.54) is 0 Å². The number of rotatable bonds is 18. The second-order valence-electron chi connectivity index (χ2n) is 11.2. The number of hydrogen-bond donors (Lipinski definition) is 0. The van der Waals surface area contributed by atoms with Crippen LogP contribution in [0.2, 0.25) is 0 Å². The van der Waals surface area contributed by atoms with Gasteiger partial charge < -0.3 is 9.47 Å². The predicted molar refractivity (Wildman–Crippen MR) is 130 cm³/mol. The van der Waals surface area contributed by atoms with E-state index in [0.717, 1.165) is 57.8 Å². The summed E-state index contributed by atoms with van der Waals surface area (Å²) in [5.41, 5.74) is 0.688. The topological polar surface area (TPSA) is 52.6 Å². The highest BCUT2D eigenvalue weighted by Gasteiger charge is 2.20. The summed E-state index contributed by atoms with van der Waals surface area (Å²) >= 11 is 0. The van der Waals surface area contributed by atoms with E-state index in [2.05, 4.69) is 55.4 Å². The first-order valence-corrected chi connectivity index (χ1v) is 12.7. The molecule has 0 aliphatic carbocycles. The van der Waals surface area contributed by atoms with Crippen molar-refractivity contribution in [1.29, 1.82) is 0 Å². The zero-order valence-electron chi connectivity index (χ0n) is 22.0. The number of hydrogen-bond acceptors (Lipinski definition) is 4. The molecule has 0 bridgehead atoms. The Hall–Kier alpha value is -1.06. The van der Waals surface area contributed by atoms with E-state index in [1.54, 1.807) is 0 Å². The van der Waals surface area contributed by atoms with Crippen LogP contribution in [0.5, 0.6) is 0 Å². The third kappa shape index (κ3) is 17.2. The Kier molecular flexibility index (Phi) is 15.2. The number of esters is 2. The third-order valence-corrected chi connectivity index (χ3v) is 6.71. The fraction of sp³-hybridized carbons (Fsp3) is 0.926. The lowest BCUT2D eigenvalue weighted by Gasteiger charge is -2.26. The molecule has 0 aliphatic rings. The molecule has 2 atom stereocenters. The van der Waals surface area contributed by atoms with E-state index in [9.17, 15) is 9.59 Å². The first-order valence-electron chi connectivity index (χ1n) is 12.7. The molecule has 184 valence electrons. The van der Waals surface area contributed by atoms with Crippen molar-refractivity contribution in [1.82, 2.24) is 0 Å². The molecule has 4 nitrogen and oxygen atoms in total. The summed E-state index contributed by atoms with van der Waals surface area (Å²) in [4.78, 5) is 23.8. The van der Waals surface area contributed by atoms with Crippen LogP contribution in [-0.2, 0) is 19.1 Å². The van der Waals surface area contributed by atoms with Crippen LogP contribution in [0, 0.1) is 22.7 Å².